The maximum atomic E-state index is 13.4. The Hall–Kier alpha value is -1.83. The lowest BCUT2D eigenvalue weighted by Gasteiger charge is -2.07. The van der Waals surface area contributed by atoms with E-state index in [1.165, 1.54) is 0 Å². The predicted molar refractivity (Wildman–Crippen MR) is 57.3 cm³/mol. The predicted octanol–water partition coefficient (Wildman–Crippen LogP) is 3.69. The van der Waals surface area contributed by atoms with Crippen molar-refractivity contribution in [2.24, 2.45) is 0 Å². The third kappa shape index (κ3) is 2.55. The van der Waals surface area contributed by atoms with Crippen LogP contribution in [0.2, 0.25) is 0 Å². The third-order valence-corrected chi connectivity index (χ3v) is 3.82. The van der Waals surface area contributed by atoms with Gasteiger partial charge in [-0.3, -0.25) is 0 Å². The second-order valence-corrected chi connectivity index (χ2v) is 5.02. The van der Waals surface area contributed by atoms with Crippen LogP contribution in [-0.4, -0.2) is 4.21 Å². The summed E-state index contributed by atoms with van der Waals surface area (Å²) < 4.78 is 90.9. The zero-order chi connectivity index (χ0) is 15.0. The SMILES string of the molecule is O=S(c1c(F)cc(F)cc1F)c1c(F)cc(F)cc1F. The van der Waals surface area contributed by atoms with E-state index in [4.69, 9.17) is 0 Å². The zero-order valence-electron chi connectivity index (χ0n) is 9.39. The molecule has 0 aliphatic heterocycles. The minimum atomic E-state index is -2.94. The van der Waals surface area contributed by atoms with Gasteiger partial charge in [-0.15, -0.1) is 0 Å². The molecule has 8 heteroatoms. The first-order valence-corrected chi connectivity index (χ1v) is 6.17. The number of rotatable bonds is 2. The van der Waals surface area contributed by atoms with Gasteiger partial charge in [-0.2, -0.15) is 0 Å². The summed E-state index contributed by atoms with van der Waals surface area (Å²) >= 11 is 0. The summed E-state index contributed by atoms with van der Waals surface area (Å²) in [6, 6.07) is 0.872. The van der Waals surface area contributed by atoms with Gasteiger partial charge in [0.2, 0.25) is 0 Å². The molecule has 0 radical (unpaired) electrons. The summed E-state index contributed by atoms with van der Waals surface area (Å²) in [5, 5.41) is 0. The zero-order valence-corrected chi connectivity index (χ0v) is 10.2. The van der Waals surface area contributed by atoms with Crippen LogP contribution < -0.4 is 0 Å². The summed E-state index contributed by atoms with van der Waals surface area (Å²) in [5.74, 6) is -8.82. The van der Waals surface area contributed by atoms with E-state index in [1.807, 2.05) is 0 Å². The molecule has 2 rings (SSSR count). The largest absolute Gasteiger partial charge is 0.249 e. The van der Waals surface area contributed by atoms with Gasteiger partial charge in [-0.25, -0.2) is 30.6 Å². The van der Waals surface area contributed by atoms with Gasteiger partial charge >= 0.3 is 0 Å². The van der Waals surface area contributed by atoms with Crippen LogP contribution in [0.4, 0.5) is 26.3 Å². The monoisotopic (exact) mass is 310 g/mol. The van der Waals surface area contributed by atoms with E-state index in [-0.39, 0.29) is 24.3 Å². The molecule has 0 N–H and O–H groups in total. The average Bonchev–Trinajstić information content (AvgIpc) is 2.25. The molecule has 2 aromatic carbocycles. The van der Waals surface area contributed by atoms with Gasteiger partial charge in [-0.1, -0.05) is 0 Å². The average molecular weight is 310 g/mol. The first kappa shape index (κ1) is 14.6. The summed E-state index contributed by atoms with van der Waals surface area (Å²) in [4.78, 5) is -2.42. The highest BCUT2D eigenvalue weighted by atomic mass is 32.2. The van der Waals surface area contributed by atoms with Gasteiger partial charge in [0.05, 0.1) is 10.8 Å². The van der Waals surface area contributed by atoms with E-state index < -0.39 is 55.5 Å². The maximum absolute atomic E-state index is 13.4. The Morgan fingerprint density at radius 2 is 0.850 bits per heavy atom. The van der Waals surface area contributed by atoms with Gasteiger partial charge in [0.25, 0.3) is 0 Å². The first-order valence-electron chi connectivity index (χ1n) is 5.02. The molecule has 106 valence electrons. The summed E-state index contributed by atoms with van der Waals surface area (Å²) in [6.07, 6.45) is 0. The fourth-order valence-corrected chi connectivity index (χ4v) is 2.66. The molecule has 0 unspecified atom stereocenters. The van der Waals surface area contributed by atoms with Crippen molar-refractivity contribution in [2.45, 2.75) is 9.79 Å². The minimum Gasteiger partial charge on any atom is -0.249 e. The minimum absolute atomic E-state index is 0.218. The number of hydrogen-bond acceptors (Lipinski definition) is 1. The Bertz CT molecular complexity index is 610. The van der Waals surface area contributed by atoms with Crippen LogP contribution in [0.3, 0.4) is 0 Å². The molecule has 0 aliphatic rings. The van der Waals surface area contributed by atoms with E-state index in [0.717, 1.165) is 0 Å². The number of benzene rings is 2. The van der Waals surface area contributed by atoms with Crippen molar-refractivity contribution in [1.82, 2.24) is 0 Å². The highest BCUT2D eigenvalue weighted by molar-refractivity contribution is 7.85. The van der Waals surface area contributed by atoms with Crippen molar-refractivity contribution in [3.8, 4) is 0 Å². The van der Waals surface area contributed by atoms with Crippen molar-refractivity contribution in [3.63, 3.8) is 0 Å². The normalized spacial score (nSPS) is 11.2. The van der Waals surface area contributed by atoms with Crippen LogP contribution in [0.25, 0.3) is 0 Å². The quantitative estimate of drug-likeness (QED) is 0.773. The highest BCUT2D eigenvalue weighted by Crippen LogP contribution is 2.27. The summed E-state index contributed by atoms with van der Waals surface area (Å²) in [5.41, 5.74) is 0. The maximum Gasteiger partial charge on any atom is 0.145 e. The fraction of sp³-hybridized carbons (Fsp3) is 0. The first-order chi connectivity index (χ1) is 9.31. The lowest BCUT2D eigenvalue weighted by atomic mass is 10.3. The molecule has 0 saturated carbocycles. The molecule has 0 atom stereocenters. The van der Waals surface area contributed by atoms with Gasteiger partial charge in [0.15, 0.2) is 0 Å². The van der Waals surface area contributed by atoms with Crippen molar-refractivity contribution in [3.05, 3.63) is 59.2 Å². The number of halogens is 6. The van der Waals surface area contributed by atoms with Crippen molar-refractivity contribution in [2.75, 3.05) is 0 Å². The standard InChI is InChI=1S/C12H4F6OS/c13-5-1-7(15)11(8(16)2-5)20(19)12-9(17)3-6(14)4-10(12)18/h1-4H. The molecule has 0 saturated heterocycles. The Morgan fingerprint density at radius 1 is 0.600 bits per heavy atom. The molecule has 2 aromatic rings. The van der Waals surface area contributed by atoms with E-state index >= 15 is 0 Å². The molecule has 0 aliphatic carbocycles. The van der Waals surface area contributed by atoms with Crippen molar-refractivity contribution >= 4 is 10.8 Å². The highest BCUT2D eigenvalue weighted by Gasteiger charge is 2.25. The molecule has 0 amide bonds. The second-order valence-electron chi connectivity index (χ2n) is 3.67. The second kappa shape index (κ2) is 5.28. The summed E-state index contributed by atoms with van der Waals surface area (Å²) in [7, 11) is -2.94. The molecule has 0 aromatic heterocycles. The van der Waals surface area contributed by atoms with E-state index in [9.17, 15) is 30.6 Å². The van der Waals surface area contributed by atoms with Crippen LogP contribution in [0.15, 0.2) is 34.1 Å². The molecule has 20 heavy (non-hydrogen) atoms. The smallest absolute Gasteiger partial charge is 0.145 e. The Balaban J connectivity index is 2.64. The van der Waals surface area contributed by atoms with Gasteiger partial charge in [0, 0.05) is 24.3 Å². The van der Waals surface area contributed by atoms with Crippen molar-refractivity contribution < 1.29 is 30.6 Å². The summed E-state index contributed by atoms with van der Waals surface area (Å²) in [6.45, 7) is 0. The third-order valence-electron chi connectivity index (χ3n) is 2.30. The molecule has 1 nitrogen and oxygen atoms in total. The van der Waals surface area contributed by atoms with E-state index in [2.05, 4.69) is 0 Å². The van der Waals surface area contributed by atoms with Crippen LogP contribution in [0.1, 0.15) is 0 Å². The Labute approximate surface area is 111 Å². The molecular formula is C12H4F6OS. The molecule has 0 fully saturated rings. The molecule has 0 heterocycles. The van der Waals surface area contributed by atoms with E-state index in [0.29, 0.717) is 0 Å². The van der Waals surface area contributed by atoms with E-state index in [1.54, 1.807) is 0 Å². The fourth-order valence-electron chi connectivity index (χ4n) is 1.51. The Morgan fingerprint density at radius 3 is 1.10 bits per heavy atom. The lowest BCUT2D eigenvalue weighted by molar-refractivity contribution is 0.496. The molecule has 0 bridgehead atoms. The van der Waals surface area contributed by atoms with Gasteiger partial charge < -0.3 is 0 Å². The number of hydrogen-bond donors (Lipinski definition) is 0. The Kier molecular flexibility index (Phi) is 3.85. The van der Waals surface area contributed by atoms with Gasteiger partial charge in [-0.05, 0) is 0 Å². The topological polar surface area (TPSA) is 17.1 Å². The molecular weight excluding hydrogens is 306 g/mol. The van der Waals surface area contributed by atoms with Crippen LogP contribution in [-0.2, 0) is 10.8 Å². The van der Waals surface area contributed by atoms with Gasteiger partial charge in [0.1, 0.15) is 44.7 Å². The lowest BCUT2D eigenvalue weighted by Crippen LogP contribution is -2.06. The van der Waals surface area contributed by atoms with Crippen LogP contribution in [0.5, 0.6) is 0 Å². The van der Waals surface area contributed by atoms with Crippen molar-refractivity contribution in [1.29, 1.82) is 0 Å². The molecule has 0 spiro atoms. The van der Waals surface area contributed by atoms with Crippen LogP contribution in [0, 0.1) is 34.9 Å². The van der Waals surface area contributed by atoms with Crippen LogP contribution >= 0.6 is 0 Å².